The number of carbonyl (C=O) groups is 1. The highest BCUT2D eigenvalue weighted by Gasteiger charge is 2.14. The second kappa shape index (κ2) is 7.52. The van der Waals surface area contributed by atoms with Gasteiger partial charge < -0.3 is 10.3 Å². The molecule has 2 N–H and O–H groups in total. The minimum Gasteiger partial charge on any atom is -0.338 e. The third-order valence-corrected chi connectivity index (χ3v) is 5.30. The molecule has 4 rings (SSSR count). The van der Waals surface area contributed by atoms with Crippen molar-refractivity contribution in [3.63, 3.8) is 0 Å². The van der Waals surface area contributed by atoms with Crippen molar-refractivity contribution in [1.29, 1.82) is 0 Å². The number of hydrogen-bond acceptors (Lipinski definition) is 4. The molecule has 7 heteroatoms. The summed E-state index contributed by atoms with van der Waals surface area (Å²) in [5.74, 6) is 0.237. The Bertz CT molecular complexity index is 1280. The summed E-state index contributed by atoms with van der Waals surface area (Å²) in [6.45, 7) is 0. The second-order valence-corrected chi connectivity index (χ2v) is 9.01. The Labute approximate surface area is 168 Å². The number of aromatic nitrogens is 2. The third kappa shape index (κ3) is 4.35. The number of anilines is 1. The number of H-pyrrole nitrogens is 1. The van der Waals surface area contributed by atoms with E-state index in [0.29, 0.717) is 22.6 Å². The Hall–Kier alpha value is -3.45. The van der Waals surface area contributed by atoms with E-state index in [1.54, 1.807) is 30.3 Å². The van der Waals surface area contributed by atoms with Crippen LogP contribution in [0.3, 0.4) is 0 Å². The van der Waals surface area contributed by atoms with Crippen LogP contribution in [0.4, 0.5) is 5.69 Å². The van der Waals surface area contributed by atoms with Gasteiger partial charge in [-0.2, -0.15) is 0 Å². The average Bonchev–Trinajstić information content (AvgIpc) is 3.11. The molecule has 0 bridgehead atoms. The molecule has 0 aliphatic carbocycles. The van der Waals surface area contributed by atoms with Crippen LogP contribution >= 0.6 is 0 Å². The first-order valence-electron chi connectivity index (χ1n) is 9.01. The molecule has 29 heavy (non-hydrogen) atoms. The molecule has 0 saturated carbocycles. The van der Waals surface area contributed by atoms with Crippen molar-refractivity contribution in [2.24, 2.45) is 0 Å². The number of para-hydroxylation sites is 3. The van der Waals surface area contributed by atoms with E-state index >= 15 is 0 Å². The number of imidazole rings is 1. The second-order valence-electron chi connectivity index (χ2n) is 6.87. The maximum atomic E-state index is 12.8. The normalized spacial score (nSPS) is 11.5. The number of benzene rings is 3. The number of rotatable bonds is 5. The average molecular weight is 405 g/mol. The predicted molar refractivity (Wildman–Crippen MR) is 114 cm³/mol. The lowest BCUT2D eigenvalue weighted by molar-refractivity contribution is 0.102. The molecule has 0 radical (unpaired) electrons. The van der Waals surface area contributed by atoms with E-state index in [2.05, 4.69) is 15.3 Å². The van der Waals surface area contributed by atoms with E-state index in [4.69, 9.17) is 0 Å². The number of sulfone groups is 1. The fourth-order valence-corrected chi connectivity index (χ4v) is 3.96. The molecule has 1 amide bonds. The number of nitrogens with one attached hydrogen (secondary N) is 2. The predicted octanol–water partition coefficient (Wildman–Crippen LogP) is 4.03. The summed E-state index contributed by atoms with van der Waals surface area (Å²) >= 11 is 0. The van der Waals surface area contributed by atoms with Gasteiger partial charge in [-0.05, 0) is 42.0 Å². The van der Waals surface area contributed by atoms with Crippen molar-refractivity contribution in [1.82, 2.24) is 9.97 Å². The van der Waals surface area contributed by atoms with E-state index in [9.17, 15) is 13.2 Å². The molecule has 0 fully saturated rings. The Morgan fingerprint density at radius 2 is 1.76 bits per heavy atom. The van der Waals surface area contributed by atoms with Gasteiger partial charge in [-0.25, -0.2) is 13.4 Å². The highest BCUT2D eigenvalue weighted by Crippen LogP contribution is 2.28. The summed E-state index contributed by atoms with van der Waals surface area (Å²) in [6, 6.07) is 21.8. The van der Waals surface area contributed by atoms with Crippen LogP contribution in [0.2, 0.25) is 0 Å². The van der Waals surface area contributed by atoms with Crippen molar-refractivity contribution in [2.75, 3.05) is 11.6 Å². The molecule has 0 saturated heterocycles. The van der Waals surface area contributed by atoms with Gasteiger partial charge in [0.2, 0.25) is 0 Å². The van der Waals surface area contributed by atoms with E-state index < -0.39 is 9.84 Å². The molecular formula is C22H19N3O3S. The number of nitrogens with zero attached hydrogens (tertiary/aromatic N) is 1. The van der Waals surface area contributed by atoms with Gasteiger partial charge in [0, 0.05) is 17.4 Å². The topological polar surface area (TPSA) is 91.9 Å². The van der Waals surface area contributed by atoms with Crippen molar-refractivity contribution in [3.05, 3.63) is 83.9 Å². The molecule has 0 aliphatic heterocycles. The fraction of sp³-hybridized carbons (Fsp3) is 0.0909. The number of fused-ring (bicyclic) bond motifs is 1. The van der Waals surface area contributed by atoms with Crippen molar-refractivity contribution < 1.29 is 13.2 Å². The maximum absolute atomic E-state index is 12.8. The van der Waals surface area contributed by atoms with Crippen molar-refractivity contribution in [2.45, 2.75) is 5.75 Å². The quantitative estimate of drug-likeness (QED) is 0.524. The van der Waals surface area contributed by atoms with Gasteiger partial charge in [-0.15, -0.1) is 0 Å². The lowest BCUT2D eigenvalue weighted by atomic mass is 10.1. The minimum absolute atomic E-state index is 0.107. The third-order valence-electron chi connectivity index (χ3n) is 4.44. The van der Waals surface area contributed by atoms with Crippen LogP contribution in [0.25, 0.3) is 22.4 Å². The minimum atomic E-state index is -3.18. The molecule has 4 aromatic rings. The fourth-order valence-electron chi connectivity index (χ4n) is 3.18. The van der Waals surface area contributed by atoms with Crippen LogP contribution in [-0.2, 0) is 15.6 Å². The first-order valence-corrected chi connectivity index (χ1v) is 11.1. The first-order chi connectivity index (χ1) is 13.9. The number of aromatic amines is 1. The van der Waals surface area contributed by atoms with E-state index in [1.165, 1.54) is 6.26 Å². The van der Waals surface area contributed by atoms with Gasteiger partial charge >= 0.3 is 0 Å². The van der Waals surface area contributed by atoms with Crippen LogP contribution in [0.1, 0.15) is 15.9 Å². The van der Waals surface area contributed by atoms with Crippen LogP contribution in [0.15, 0.2) is 72.8 Å². The van der Waals surface area contributed by atoms with E-state index in [-0.39, 0.29) is 11.7 Å². The van der Waals surface area contributed by atoms with Gasteiger partial charge in [0.15, 0.2) is 9.84 Å². The van der Waals surface area contributed by atoms with Gasteiger partial charge in [0.05, 0.1) is 22.5 Å². The standard InChI is InChI=1S/C22H19N3O3S/c1-29(27,28)14-15-7-6-8-16(13-15)22(26)25-18-10-3-2-9-17(18)21-23-19-11-4-5-12-20(19)24-21/h2-13H,14H2,1H3,(H,23,24)(H,25,26). The highest BCUT2D eigenvalue weighted by atomic mass is 32.2. The van der Waals surface area contributed by atoms with Crippen LogP contribution in [0, 0.1) is 0 Å². The Balaban J connectivity index is 1.64. The summed E-state index contributed by atoms with van der Waals surface area (Å²) in [7, 11) is -3.18. The SMILES string of the molecule is CS(=O)(=O)Cc1cccc(C(=O)Nc2ccccc2-c2nc3ccccc3[nH]2)c1. The smallest absolute Gasteiger partial charge is 0.255 e. The summed E-state index contributed by atoms with van der Waals surface area (Å²) in [4.78, 5) is 20.7. The zero-order valence-electron chi connectivity index (χ0n) is 15.7. The van der Waals surface area contributed by atoms with Gasteiger partial charge in [0.1, 0.15) is 5.82 Å². The zero-order chi connectivity index (χ0) is 20.4. The van der Waals surface area contributed by atoms with E-state index in [1.807, 2.05) is 42.5 Å². The van der Waals surface area contributed by atoms with Crippen LogP contribution in [-0.4, -0.2) is 30.5 Å². The van der Waals surface area contributed by atoms with E-state index in [0.717, 1.165) is 16.6 Å². The lowest BCUT2D eigenvalue weighted by Gasteiger charge is -2.10. The zero-order valence-corrected chi connectivity index (χ0v) is 16.5. The van der Waals surface area contributed by atoms with Gasteiger partial charge in [-0.3, -0.25) is 4.79 Å². The molecule has 3 aromatic carbocycles. The number of carbonyl (C=O) groups excluding carboxylic acids is 1. The molecule has 0 aliphatic rings. The number of amides is 1. The molecule has 1 heterocycles. The first kappa shape index (κ1) is 18.9. The number of hydrogen-bond donors (Lipinski definition) is 2. The maximum Gasteiger partial charge on any atom is 0.255 e. The van der Waals surface area contributed by atoms with Gasteiger partial charge in [0.25, 0.3) is 5.91 Å². The highest BCUT2D eigenvalue weighted by molar-refractivity contribution is 7.89. The summed E-state index contributed by atoms with van der Waals surface area (Å²) in [5.41, 5.74) is 4.11. The van der Waals surface area contributed by atoms with Crippen LogP contribution < -0.4 is 5.32 Å². The molecule has 146 valence electrons. The van der Waals surface area contributed by atoms with Crippen molar-refractivity contribution >= 4 is 32.5 Å². The Morgan fingerprint density at radius 3 is 2.55 bits per heavy atom. The molecule has 6 nitrogen and oxygen atoms in total. The summed E-state index contributed by atoms with van der Waals surface area (Å²) in [6.07, 6.45) is 1.17. The molecule has 0 unspecified atom stereocenters. The summed E-state index contributed by atoms with van der Waals surface area (Å²) < 4.78 is 23.1. The lowest BCUT2D eigenvalue weighted by Crippen LogP contribution is -2.13. The molecule has 0 atom stereocenters. The largest absolute Gasteiger partial charge is 0.338 e. The Kier molecular flexibility index (Phi) is 4.90. The van der Waals surface area contributed by atoms with Crippen LogP contribution in [0.5, 0.6) is 0 Å². The Morgan fingerprint density at radius 1 is 1.00 bits per heavy atom. The van der Waals surface area contributed by atoms with Gasteiger partial charge in [-0.1, -0.05) is 36.4 Å². The molecule has 1 aromatic heterocycles. The molecular weight excluding hydrogens is 386 g/mol. The summed E-state index contributed by atoms with van der Waals surface area (Å²) in [5, 5.41) is 2.91. The molecule has 0 spiro atoms. The monoisotopic (exact) mass is 405 g/mol. The van der Waals surface area contributed by atoms with Crippen molar-refractivity contribution in [3.8, 4) is 11.4 Å².